The Balaban J connectivity index is 4.40. The fourth-order valence-electron chi connectivity index (χ4n) is 0.508. The summed E-state index contributed by atoms with van der Waals surface area (Å²) in [6, 6.07) is 0. The van der Waals surface area contributed by atoms with Gasteiger partial charge >= 0.3 is 0 Å². The minimum absolute atomic E-state index is 0.402. The van der Waals surface area contributed by atoms with Crippen LogP contribution in [0.25, 0.3) is 0 Å². The number of alkyl halides is 1. The summed E-state index contributed by atoms with van der Waals surface area (Å²) in [7, 11) is -3.19. The van der Waals surface area contributed by atoms with Gasteiger partial charge in [-0.05, 0) is 27.7 Å². The van der Waals surface area contributed by atoms with E-state index >= 15 is 0 Å². The molecule has 1 N–H and O–H groups in total. The lowest BCUT2D eigenvalue weighted by atomic mass is 10.1. The highest BCUT2D eigenvalue weighted by molar-refractivity contribution is 9.11. The summed E-state index contributed by atoms with van der Waals surface area (Å²) in [4.78, 5) is 0. The van der Waals surface area contributed by atoms with Crippen LogP contribution in [0.3, 0.4) is 0 Å². The van der Waals surface area contributed by atoms with Crippen LogP contribution in [0.4, 0.5) is 0 Å². The molecule has 0 heterocycles. The van der Waals surface area contributed by atoms with E-state index in [1.165, 1.54) is 0 Å². The molecule has 0 aromatic carbocycles. The van der Waals surface area contributed by atoms with E-state index in [-0.39, 0.29) is 0 Å². The molecule has 0 aliphatic carbocycles. The highest BCUT2D eigenvalue weighted by atomic mass is 79.9. The molecular formula is C6H14BrNO2S. The van der Waals surface area contributed by atoms with Crippen LogP contribution in [-0.2, 0) is 10.0 Å². The zero-order valence-corrected chi connectivity index (χ0v) is 9.58. The van der Waals surface area contributed by atoms with Gasteiger partial charge in [-0.25, -0.2) is 13.1 Å². The summed E-state index contributed by atoms with van der Waals surface area (Å²) in [5, 5.41) is 0. The largest absolute Gasteiger partial charge is 0.224 e. The van der Waals surface area contributed by atoms with Gasteiger partial charge in [0.05, 0.1) is 0 Å². The van der Waals surface area contributed by atoms with Crippen molar-refractivity contribution in [1.82, 2.24) is 4.72 Å². The SMILES string of the molecule is CC(Br)S(=O)(=O)NC(C)(C)C. The Morgan fingerprint density at radius 3 is 1.82 bits per heavy atom. The third-order valence-electron chi connectivity index (χ3n) is 0.876. The molecule has 0 radical (unpaired) electrons. The monoisotopic (exact) mass is 243 g/mol. The topological polar surface area (TPSA) is 46.2 Å². The Kier molecular flexibility index (Phi) is 3.53. The summed E-state index contributed by atoms with van der Waals surface area (Å²) in [6.45, 7) is 6.99. The summed E-state index contributed by atoms with van der Waals surface area (Å²) in [5.41, 5.74) is -0.402. The maximum absolute atomic E-state index is 11.2. The average Bonchev–Trinajstić information content (AvgIpc) is 1.56. The summed E-state index contributed by atoms with van der Waals surface area (Å²) >= 11 is 3.00. The molecule has 11 heavy (non-hydrogen) atoms. The fraction of sp³-hybridized carbons (Fsp3) is 1.00. The first-order valence-electron chi connectivity index (χ1n) is 3.32. The van der Waals surface area contributed by atoms with Gasteiger partial charge in [0.2, 0.25) is 10.0 Å². The second-order valence-electron chi connectivity index (χ2n) is 3.44. The van der Waals surface area contributed by atoms with Crippen LogP contribution in [-0.4, -0.2) is 18.1 Å². The number of hydrogen-bond acceptors (Lipinski definition) is 2. The lowest BCUT2D eigenvalue weighted by molar-refractivity contribution is 0.491. The predicted molar refractivity (Wildman–Crippen MR) is 50.2 cm³/mol. The highest BCUT2D eigenvalue weighted by Crippen LogP contribution is 2.10. The first-order chi connectivity index (χ1) is 4.65. The van der Waals surface area contributed by atoms with Crippen LogP contribution >= 0.6 is 15.9 Å². The minimum atomic E-state index is -3.19. The van der Waals surface area contributed by atoms with Crippen molar-refractivity contribution in [3.05, 3.63) is 0 Å². The van der Waals surface area contributed by atoms with Gasteiger partial charge in [0, 0.05) is 5.54 Å². The molecule has 68 valence electrons. The van der Waals surface area contributed by atoms with Gasteiger partial charge in [-0.3, -0.25) is 0 Å². The van der Waals surface area contributed by atoms with Gasteiger partial charge in [-0.1, -0.05) is 15.9 Å². The summed E-state index contributed by atoms with van der Waals surface area (Å²) < 4.78 is 24.3. The van der Waals surface area contributed by atoms with Crippen LogP contribution in [0.15, 0.2) is 0 Å². The molecule has 3 nitrogen and oxygen atoms in total. The van der Waals surface area contributed by atoms with Gasteiger partial charge < -0.3 is 0 Å². The molecule has 0 rings (SSSR count). The van der Waals surface area contributed by atoms with Crippen LogP contribution < -0.4 is 4.72 Å². The van der Waals surface area contributed by atoms with Crippen LogP contribution in [0.1, 0.15) is 27.7 Å². The molecular weight excluding hydrogens is 230 g/mol. The highest BCUT2D eigenvalue weighted by Gasteiger charge is 2.23. The first kappa shape index (κ1) is 11.4. The quantitative estimate of drug-likeness (QED) is 0.747. The van der Waals surface area contributed by atoms with E-state index in [1.807, 2.05) is 0 Å². The van der Waals surface area contributed by atoms with Crippen molar-refractivity contribution < 1.29 is 8.42 Å². The maximum Gasteiger partial charge on any atom is 0.224 e. The molecule has 0 amide bonds. The van der Waals surface area contributed by atoms with Crippen molar-refractivity contribution in [3.8, 4) is 0 Å². The molecule has 0 spiro atoms. The third kappa shape index (κ3) is 4.76. The summed E-state index contributed by atoms with van der Waals surface area (Å²) in [5.74, 6) is 0. The van der Waals surface area contributed by atoms with E-state index in [0.29, 0.717) is 0 Å². The van der Waals surface area contributed by atoms with Crippen molar-refractivity contribution in [2.75, 3.05) is 0 Å². The molecule has 0 bridgehead atoms. The second kappa shape index (κ2) is 3.41. The Labute approximate surface area is 76.7 Å². The maximum atomic E-state index is 11.2. The normalized spacial score (nSPS) is 16.5. The van der Waals surface area contributed by atoms with Crippen LogP contribution in [0, 0.1) is 0 Å². The molecule has 0 aromatic heterocycles. The predicted octanol–water partition coefficient (Wildman–Crippen LogP) is 1.45. The average molecular weight is 244 g/mol. The number of sulfonamides is 1. The van der Waals surface area contributed by atoms with E-state index in [2.05, 4.69) is 20.7 Å². The van der Waals surface area contributed by atoms with E-state index in [9.17, 15) is 8.42 Å². The van der Waals surface area contributed by atoms with E-state index in [4.69, 9.17) is 0 Å². The van der Waals surface area contributed by atoms with Crippen molar-refractivity contribution in [2.24, 2.45) is 0 Å². The number of halogens is 1. The van der Waals surface area contributed by atoms with Crippen molar-refractivity contribution in [1.29, 1.82) is 0 Å². The van der Waals surface area contributed by atoms with Gasteiger partial charge in [0.25, 0.3) is 0 Å². The number of rotatable bonds is 2. The molecule has 0 saturated carbocycles. The van der Waals surface area contributed by atoms with Crippen LogP contribution in [0.2, 0.25) is 0 Å². The van der Waals surface area contributed by atoms with E-state index < -0.39 is 19.7 Å². The van der Waals surface area contributed by atoms with Crippen molar-refractivity contribution in [3.63, 3.8) is 0 Å². The Morgan fingerprint density at radius 2 is 1.73 bits per heavy atom. The van der Waals surface area contributed by atoms with Crippen molar-refractivity contribution >= 4 is 26.0 Å². The minimum Gasteiger partial charge on any atom is -0.211 e. The zero-order chi connectivity index (χ0) is 9.28. The van der Waals surface area contributed by atoms with Gasteiger partial charge in [-0.15, -0.1) is 0 Å². The Hall–Kier alpha value is 0.390. The van der Waals surface area contributed by atoms with Crippen LogP contribution in [0.5, 0.6) is 0 Å². The van der Waals surface area contributed by atoms with Gasteiger partial charge in [0.15, 0.2) is 0 Å². The Morgan fingerprint density at radius 1 is 1.36 bits per heavy atom. The van der Waals surface area contributed by atoms with Crippen molar-refractivity contribution in [2.45, 2.75) is 37.4 Å². The molecule has 0 aliphatic rings. The number of hydrogen-bond donors (Lipinski definition) is 1. The third-order valence-corrected chi connectivity index (χ3v) is 4.10. The first-order valence-corrected chi connectivity index (χ1v) is 5.78. The zero-order valence-electron chi connectivity index (χ0n) is 7.18. The molecule has 1 unspecified atom stereocenters. The molecule has 0 saturated heterocycles. The summed E-state index contributed by atoms with van der Waals surface area (Å²) in [6.07, 6.45) is 0. The smallest absolute Gasteiger partial charge is 0.211 e. The van der Waals surface area contributed by atoms with Gasteiger partial charge in [0.1, 0.15) is 4.16 Å². The van der Waals surface area contributed by atoms with E-state index in [1.54, 1.807) is 27.7 Å². The van der Waals surface area contributed by atoms with Gasteiger partial charge in [-0.2, -0.15) is 0 Å². The second-order valence-corrected chi connectivity index (χ2v) is 7.42. The lowest BCUT2D eigenvalue weighted by Gasteiger charge is -2.21. The lowest BCUT2D eigenvalue weighted by Crippen LogP contribution is -2.43. The number of nitrogens with one attached hydrogen (secondary N) is 1. The van der Waals surface area contributed by atoms with E-state index in [0.717, 1.165) is 0 Å². The Bertz CT molecular complexity index is 215. The fourth-order valence-corrected chi connectivity index (χ4v) is 1.80. The standard InChI is InChI=1S/C6H14BrNO2S/c1-5(7)11(9,10)8-6(2,3)4/h5,8H,1-4H3. The molecule has 0 aromatic rings. The molecule has 0 aliphatic heterocycles. The molecule has 0 fully saturated rings. The molecule has 5 heteroatoms. The molecule has 1 atom stereocenters.